The molecule has 0 aliphatic heterocycles. The van der Waals surface area contributed by atoms with E-state index in [0.717, 1.165) is 5.75 Å². The number of nitrogens with zero attached hydrogens (tertiary/aromatic N) is 2. The molecule has 0 fully saturated rings. The average molecular weight is 293 g/mol. The van der Waals surface area contributed by atoms with E-state index in [9.17, 15) is 4.79 Å². The van der Waals surface area contributed by atoms with Crippen LogP contribution >= 0.6 is 0 Å². The normalized spacial score (nSPS) is 10.2. The third-order valence-corrected chi connectivity index (χ3v) is 3.06. The second kappa shape index (κ2) is 6.13. The Hall–Kier alpha value is -3.08. The molecule has 0 saturated heterocycles. The van der Waals surface area contributed by atoms with Crippen LogP contribution in [0.3, 0.4) is 0 Å². The van der Waals surface area contributed by atoms with Gasteiger partial charge < -0.3 is 10.1 Å². The Bertz CT molecular complexity index is 764. The summed E-state index contributed by atoms with van der Waals surface area (Å²) in [5.41, 5.74) is 1.22. The number of aryl methyl sites for hydroxylation is 1. The fraction of sp³-hybridized carbons (Fsp3) is 0.0588. The van der Waals surface area contributed by atoms with Crippen LogP contribution in [0.4, 0.5) is 5.69 Å². The highest BCUT2D eigenvalue weighted by Crippen LogP contribution is 2.22. The Kier molecular flexibility index (Phi) is 3.87. The van der Waals surface area contributed by atoms with Crippen LogP contribution in [0.5, 0.6) is 11.5 Å². The first-order valence-corrected chi connectivity index (χ1v) is 6.84. The second-order valence-corrected chi connectivity index (χ2v) is 4.80. The number of hydrogen-bond acceptors (Lipinski definition) is 3. The van der Waals surface area contributed by atoms with Crippen LogP contribution in [0.1, 0.15) is 10.4 Å². The van der Waals surface area contributed by atoms with Crippen LogP contribution in [0.15, 0.2) is 67.0 Å². The molecule has 5 heteroatoms. The van der Waals surface area contributed by atoms with E-state index < -0.39 is 0 Å². The number of carbonyl (C=O) groups excluding carboxylic acids is 1. The maximum atomic E-state index is 12.0. The Morgan fingerprint density at radius 1 is 1.05 bits per heavy atom. The summed E-state index contributed by atoms with van der Waals surface area (Å²) < 4.78 is 7.29. The van der Waals surface area contributed by atoms with Gasteiger partial charge in [-0.25, -0.2) is 0 Å². The van der Waals surface area contributed by atoms with Crippen LogP contribution in [0, 0.1) is 0 Å². The molecule has 1 heterocycles. The molecule has 1 amide bonds. The van der Waals surface area contributed by atoms with E-state index in [-0.39, 0.29) is 5.91 Å². The molecule has 22 heavy (non-hydrogen) atoms. The van der Waals surface area contributed by atoms with E-state index in [2.05, 4.69) is 10.4 Å². The Balaban J connectivity index is 1.65. The molecule has 0 atom stereocenters. The first kappa shape index (κ1) is 13.9. The molecule has 0 unspecified atom stereocenters. The van der Waals surface area contributed by atoms with E-state index in [0.29, 0.717) is 17.0 Å². The molecule has 110 valence electrons. The molecule has 0 radical (unpaired) electrons. The van der Waals surface area contributed by atoms with E-state index in [1.165, 1.54) is 6.20 Å². The maximum Gasteiger partial charge on any atom is 0.258 e. The van der Waals surface area contributed by atoms with Crippen molar-refractivity contribution < 1.29 is 9.53 Å². The highest BCUT2D eigenvalue weighted by molar-refractivity contribution is 6.03. The zero-order valence-corrected chi connectivity index (χ0v) is 12.1. The number of aromatic nitrogens is 2. The molecule has 0 aliphatic rings. The standard InChI is InChI=1S/C17H15N3O2/c1-20-12-13(11-18-20)17(21)19-14-7-9-16(10-8-14)22-15-5-3-2-4-6-15/h2-12H,1H3,(H,19,21). The molecule has 3 rings (SSSR count). The SMILES string of the molecule is Cn1cc(C(=O)Nc2ccc(Oc3ccccc3)cc2)cn1. The highest BCUT2D eigenvalue weighted by Gasteiger charge is 2.08. The highest BCUT2D eigenvalue weighted by atomic mass is 16.5. The summed E-state index contributed by atoms with van der Waals surface area (Å²) in [5.74, 6) is 1.30. The zero-order valence-electron chi connectivity index (χ0n) is 12.1. The fourth-order valence-corrected chi connectivity index (χ4v) is 1.97. The lowest BCUT2D eigenvalue weighted by molar-refractivity contribution is 0.102. The molecule has 3 aromatic rings. The number of benzene rings is 2. The lowest BCUT2D eigenvalue weighted by Gasteiger charge is -2.07. The van der Waals surface area contributed by atoms with Crippen molar-refractivity contribution >= 4 is 11.6 Å². The maximum absolute atomic E-state index is 12.0. The molecule has 5 nitrogen and oxygen atoms in total. The van der Waals surface area contributed by atoms with Crippen molar-refractivity contribution in [1.82, 2.24) is 9.78 Å². The van der Waals surface area contributed by atoms with Crippen LogP contribution in [0.2, 0.25) is 0 Å². The van der Waals surface area contributed by atoms with Gasteiger partial charge in [0.25, 0.3) is 5.91 Å². The molecule has 0 saturated carbocycles. The zero-order chi connectivity index (χ0) is 15.4. The van der Waals surface area contributed by atoms with Gasteiger partial charge in [0.15, 0.2) is 0 Å². The monoisotopic (exact) mass is 293 g/mol. The van der Waals surface area contributed by atoms with Gasteiger partial charge in [-0.05, 0) is 36.4 Å². The summed E-state index contributed by atoms with van der Waals surface area (Å²) in [6.45, 7) is 0. The van der Waals surface area contributed by atoms with E-state index in [4.69, 9.17) is 4.74 Å². The topological polar surface area (TPSA) is 56.2 Å². The third kappa shape index (κ3) is 3.32. The summed E-state index contributed by atoms with van der Waals surface area (Å²) in [6, 6.07) is 16.8. The largest absolute Gasteiger partial charge is 0.457 e. The number of carbonyl (C=O) groups is 1. The number of ether oxygens (including phenoxy) is 1. The van der Waals surface area contributed by atoms with Gasteiger partial charge in [0.1, 0.15) is 11.5 Å². The van der Waals surface area contributed by atoms with E-state index in [1.807, 2.05) is 42.5 Å². The van der Waals surface area contributed by atoms with Crippen molar-refractivity contribution in [1.29, 1.82) is 0 Å². The van der Waals surface area contributed by atoms with Crippen molar-refractivity contribution in [2.45, 2.75) is 0 Å². The van der Waals surface area contributed by atoms with Crippen LogP contribution in [-0.2, 0) is 7.05 Å². The van der Waals surface area contributed by atoms with Gasteiger partial charge in [0, 0.05) is 18.9 Å². The molecular weight excluding hydrogens is 278 g/mol. The van der Waals surface area contributed by atoms with Gasteiger partial charge in [-0.1, -0.05) is 18.2 Å². The smallest absolute Gasteiger partial charge is 0.258 e. The average Bonchev–Trinajstić information content (AvgIpc) is 2.97. The van der Waals surface area contributed by atoms with Crippen molar-refractivity contribution in [2.24, 2.45) is 7.05 Å². The summed E-state index contributed by atoms with van der Waals surface area (Å²) in [4.78, 5) is 12.0. The van der Waals surface area contributed by atoms with Gasteiger partial charge in [-0.3, -0.25) is 9.48 Å². The Morgan fingerprint density at radius 3 is 2.36 bits per heavy atom. The van der Waals surface area contributed by atoms with Gasteiger partial charge >= 0.3 is 0 Å². The summed E-state index contributed by atoms with van der Waals surface area (Å²) in [6.07, 6.45) is 3.20. The van der Waals surface area contributed by atoms with Crippen LogP contribution < -0.4 is 10.1 Å². The molecular formula is C17H15N3O2. The minimum absolute atomic E-state index is 0.190. The molecule has 0 bridgehead atoms. The number of para-hydroxylation sites is 1. The Morgan fingerprint density at radius 2 is 1.73 bits per heavy atom. The second-order valence-electron chi connectivity index (χ2n) is 4.80. The minimum Gasteiger partial charge on any atom is -0.457 e. The van der Waals surface area contributed by atoms with Gasteiger partial charge in [0.2, 0.25) is 0 Å². The Labute approximate surface area is 128 Å². The number of hydrogen-bond donors (Lipinski definition) is 1. The predicted octanol–water partition coefficient (Wildman–Crippen LogP) is 3.46. The molecule has 1 N–H and O–H groups in total. The molecule has 1 aromatic heterocycles. The minimum atomic E-state index is -0.190. The number of rotatable bonds is 4. The fourth-order valence-electron chi connectivity index (χ4n) is 1.97. The van der Waals surface area contributed by atoms with Crippen LogP contribution in [0.25, 0.3) is 0 Å². The lowest BCUT2D eigenvalue weighted by Crippen LogP contribution is -2.10. The van der Waals surface area contributed by atoms with Crippen molar-refractivity contribution in [2.75, 3.05) is 5.32 Å². The lowest BCUT2D eigenvalue weighted by atomic mass is 10.2. The van der Waals surface area contributed by atoms with Gasteiger partial charge in [-0.2, -0.15) is 5.10 Å². The van der Waals surface area contributed by atoms with Gasteiger partial charge in [0.05, 0.1) is 11.8 Å². The first-order valence-electron chi connectivity index (χ1n) is 6.84. The molecule has 0 aliphatic carbocycles. The number of amides is 1. The third-order valence-electron chi connectivity index (χ3n) is 3.06. The first-order chi connectivity index (χ1) is 10.7. The van der Waals surface area contributed by atoms with E-state index >= 15 is 0 Å². The van der Waals surface area contributed by atoms with Crippen molar-refractivity contribution in [3.05, 3.63) is 72.6 Å². The van der Waals surface area contributed by atoms with Crippen LogP contribution in [-0.4, -0.2) is 15.7 Å². The number of anilines is 1. The van der Waals surface area contributed by atoms with E-state index in [1.54, 1.807) is 30.1 Å². The predicted molar refractivity (Wildman–Crippen MR) is 84.1 cm³/mol. The van der Waals surface area contributed by atoms with Crippen molar-refractivity contribution in [3.63, 3.8) is 0 Å². The van der Waals surface area contributed by atoms with Crippen molar-refractivity contribution in [3.8, 4) is 11.5 Å². The summed E-state index contributed by atoms with van der Waals surface area (Å²) in [5, 5.41) is 6.79. The molecule has 0 spiro atoms. The summed E-state index contributed by atoms with van der Waals surface area (Å²) in [7, 11) is 1.77. The quantitative estimate of drug-likeness (QED) is 0.801. The number of nitrogens with one attached hydrogen (secondary N) is 1. The molecule has 2 aromatic carbocycles. The summed E-state index contributed by atoms with van der Waals surface area (Å²) >= 11 is 0. The van der Waals surface area contributed by atoms with Gasteiger partial charge in [-0.15, -0.1) is 0 Å².